The van der Waals surface area contributed by atoms with E-state index in [1.165, 1.54) is 6.07 Å². The highest BCUT2D eigenvalue weighted by Gasteiger charge is 2.36. The van der Waals surface area contributed by atoms with Crippen LogP contribution in [0.2, 0.25) is 0 Å². The van der Waals surface area contributed by atoms with E-state index in [0.29, 0.717) is 37.1 Å². The van der Waals surface area contributed by atoms with E-state index in [-0.39, 0.29) is 24.6 Å². The van der Waals surface area contributed by atoms with Crippen LogP contribution in [0, 0.1) is 5.41 Å². The number of aliphatic carboxylic acids is 2. The standard InChI is InChI=1S/C28H31F3N4O6/c29-28(30,31)22-16-20(6-7-23(22)41-21-10-13-34(14-11-21)17-26(39)40)35(24(36)8-9-25(37)38)12-2-4-18-3-1-5-19(15-18)27(32)33/h1-7,15-16,21H,8-14,17H2,(H3,32,33)(H,37,38)(H,39,40). The van der Waals surface area contributed by atoms with Crippen LogP contribution in [0.25, 0.3) is 6.08 Å². The molecule has 2 aromatic carbocycles. The van der Waals surface area contributed by atoms with Crippen molar-refractivity contribution in [2.45, 2.75) is 38.0 Å². The van der Waals surface area contributed by atoms with Crippen molar-refractivity contribution in [1.82, 2.24) is 4.90 Å². The highest BCUT2D eigenvalue weighted by Crippen LogP contribution is 2.39. The van der Waals surface area contributed by atoms with E-state index in [2.05, 4.69) is 0 Å². The van der Waals surface area contributed by atoms with Crippen molar-refractivity contribution in [2.24, 2.45) is 5.73 Å². The number of hydrogen-bond acceptors (Lipinski definition) is 6. The molecule has 0 unspecified atom stereocenters. The third kappa shape index (κ3) is 9.34. The number of nitrogens with one attached hydrogen (secondary N) is 1. The molecule has 0 atom stereocenters. The summed E-state index contributed by atoms with van der Waals surface area (Å²) in [4.78, 5) is 37.6. The lowest BCUT2D eigenvalue weighted by Crippen LogP contribution is -2.40. The number of carboxylic acids is 2. The second kappa shape index (κ2) is 13.8. The average Bonchev–Trinajstić information content (AvgIpc) is 2.90. The van der Waals surface area contributed by atoms with Crippen molar-refractivity contribution in [3.05, 3.63) is 65.2 Å². The molecule has 41 heavy (non-hydrogen) atoms. The number of carbonyl (C=O) groups is 3. The minimum absolute atomic E-state index is 0.0847. The van der Waals surface area contributed by atoms with Crippen molar-refractivity contribution in [3.8, 4) is 5.75 Å². The zero-order valence-electron chi connectivity index (χ0n) is 22.1. The maximum absolute atomic E-state index is 14.1. The van der Waals surface area contributed by atoms with Gasteiger partial charge in [0.15, 0.2) is 0 Å². The molecule has 0 bridgehead atoms. The smallest absolute Gasteiger partial charge is 0.420 e. The number of piperidine rings is 1. The van der Waals surface area contributed by atoms with E-state index in [1.807, 2.05) is 0 Å². The van der Waals surface area contributed by atoms with E-state index in [0.717, 1.165) is 17.0 Å². The Kier molecular flexibility index (Phi) is 10.5. The van der Waals surface area contributed by atoms with Gasteiger partial charge in [0.1, 0.15) is 17.7 Å². The van der Waals surface area contributed by atoms with Gasteiger partial charge >= 0.3 is 18.1 Å². The number of nitrogen functional groups attached to an aromatic ring is 1. The molecule has 13 heteroatoms. The zero-order valence-corrected chi connectivity index (χ0v) is 22.1. The number of alkyl halides is 3. The lowest BCUT2D eigenvalue weighted by molar-refractivity contribution is -0.141. The molecular formula is C28H31F3N4O6. The van der Waals surface area contributed by atoms with Crippen LogP contribution in [0.5, 0.6) is 5.75 Å². The highest BCUT2D eigenvalue weighted by molar-refractivity contribution is 5.96. The summed E-state index contributed by atoms with van der Waals surface area (Å²) in [5, 5.41) is 25.5. The fourth-order valence-electron chi connectivity index (χ4n) is 4.37. The van der Waals surface area contributed by atoms with Gasteiger partial charge in [-0.2, -0.15) is 13.2 Å². The van der Waals surface area contributed by atoms with Crippen LogP contribution in [0.4, 0.5) is 18.9 Å². The fourth-order valence-corrected chi connectivity index (χ4v) is 4.37. The van der Waals surface area contributed by atoms with Gasteiger partial charge in [0, 0.05) is 37.3 Å². The second-order valence-corrected chi connectivity index (χ2v) is 9.50. The quantitative estimate of drug-likeness (QED) is 0.219. The van der Waals surface area contributed by atoms with Gasteiger partial charge in [-0.3, -0.25) is 24.7 Å². The maximum Gasteiger partial charge on any atom is 0.420 e. The van der Waals surface area contributed by atoms with Crippen LogP contribution in [-0.2, 0) is 20.6 Å². The first-order valence-electron chi connectivity index (χ1n) is 12.8. The predicted octanol–water partition coefficient (Wildman–Crippen LogP) is 3.83. The van der Waals surface area contributed by atoms with Crippen LogP contribution in [0.1, 0.15) is 42.4 Å². The molecule has 0 aliphatic carbocycles. The summed E-state index contributed by atoms with van der Waals surface area (Å²) in [6, 6.07) is 9.93. The molecule has 1 aliphatic heterocycles. The Labute approximate surface area is 234 Å². The zero-order chi connectivity index (χ0) is 30.2. The van der Waals surface area contributed by atoms with Gasteiger partial charge in [0.2, 0.25) is 5.91 Å². The maximum atomic E-state index is 14.1. The first-order valence-corrected chi connectivity index (χ1v) is 12.8. The van der Waals surface area contributed by atoms with Gasteiger partial charge in [-0.25, -0.2) is 0 Å². The van der Waals surface area contributed by atoms with Gasteiger partial charge in [0.05, 0.1) is 18.5 Å². The minimum Gasteiger partial charge on any atom is -0.490 e. The number of amidine groups is 1. The van der Waals surface area contributed by atoms with Crippen LogP contribution >= 0.6 is 0 Å². The van der Waals surface area contributed by atoms with Crippen LogP contribution < -0.4 is 15.4 Å². The normalized spacial score (nSPS) is 14.6. The van der Waals surface area contributed by atoms with E-state index >= 15 is 0 Å². The van der Waals surface area contributed by atoms with Gasteiger partial charge in [-0.05, 0) is 42.7 Å². The number of anilines is 1. The lowest BCUT2D eigenvalue weighted by atomic mass is 10.1. The number of amides is 1. The molecule has 5 N–H and O–H groups in total. The Hall–Kier alpha value is -4.39. The summed E-state index contributed by atoms with van der Waals surface area (Å²) in [6.07, 6.45) is -2.42. The van der Waals surface area contributed by atoms with Crippen molar-refractivity contribution in [1.29, 1.82) is 5.41 Å². The number of carboxylic acid groups (broad SMARTS) is 2. The van der Waals surface area contributed by atoms with Crippen LogP contribution in [0.15, 0.2) is 48.5 Å². The van der Waals surface area contributed by atoms with Crippen molar-refractivity contribution in [2.75, 3.05) is 31.1 Å². The summed E-state index contributed by atoms with van der Waals surface area (Å²) in [5.74, 6) is -3.43. The third-order valence-corrected chi connectivity index (χ3v) is 6.42. The molecule has 0 aromatic heterocycles. The van der Waals surface area contributed by atoms with Gasteiger partial charge in [-0.15, -0.1) is 0 Å². The number of ether oxygens (including phenoxy) is 1. The number of nitrogens with zero attached hydrogens (tertiary/aromatic N) is 2. The van der Waals surface area contributed by atoms with Crippen LogP contribution in [0.3, 0.4) is 0 Å². The number of carbonyl (C=O) groups excluding carboxylic acids is 1. The van der Waals surface area contributed by atoms with Crippen molar-refractivity contribution in [3.63, 3.8) is 0 Å². The summed E-state index contributed by atoms with van der Waals surface area (Å²) in [5.41, 5.74) is 5.45. The SMILES string of the molecule is N=C(N)c1cccc(C=CCN(C(=O)CCC(=O)O)c2ccc(OC3CCN(CC(=O)O)CC3)c(C(F)(F)F)c2)c1. The van der Waals surface area contributed by atoms with Crippen LogP contribution in [-0.4, -0.2) is 71.1 Å². The molecule has 1 amide bonds. The monoisotopic (exact) mass is 576 g/mol. The molecular weight excluding hydrogens is 545 g/mol. The molecule has 3 rings (SSSR count). The molecule has 220 valence electrons. The third-order valence-electron chi connectivity index (χ3n) is 6.42. The first kappa shape index (κ1) is 31.1. The number of benzene rings is 2. The molecule has 1 saturated heterocycles. The summed E-state index contributed by atoms with van der Waals surface area (Å²) < 4.78 is 48.0. The number of likely N-dealkylation sites (tertiary alicyclic amines) is 1. The first-order chi connectivity index (χ1) is 19.3. The number of rotatable bonds is 12. The second-order valence-electron chi connectivity index (χ2n) is 9.50. The minimum atomic E-state index is -4.81. The van der Waals surface area contributed by atoms with E-state index in [9.17, 15) is 27.6 Å². The Morgan fingerprint density at radius 1 is 1.07 bits per heavy atom. The van der Waals surface area contributed by atoms with E-state index in [1.54, 1.807) is 41.3 Å². The Bertz CT molecular complexity index is 1310. The van der Waals surface area contributed by atoms with E-state index in [4.69, 9.17) is 26.1 Å². The molecule has 1 fully saturated rings. The number of halogens is 3. The molecule has 0 spiro atoms. The van der Waals surface area contributed by atoms with E-state index < -0.39 is 54.3 Å². The topological polar surface area (TPSA) is 157 Å². The fraction of sp³-hybridized carbons (Fsp3) is 0.357. The molecule has 1 aliphatic rings. The highest BCUT2D eigenvalue weighted by atomic mass is 19.4. The average molecular weight is 577 g/mol. The Balaban J connectivity index is 1.85. The molecule has 2 aromatic rings. The molecule has 0 saturated carbocycles. The molecule has 0 radical (unpaired) electrons. The largest absolute Gasteiger partial charge is 0.490 e. The Morgan fingerprint density at radius 3 is 2.39 bits per heavy atom. The van der Waals surface area contributed by atoms with Gasteiger partial charge in [0.25, 0.3) is 0 Å². The summed E-state index contributed by atoms with van der Waals surface area (Å²) in [6.45, 7) is 0.424. The number of nitrogens with two attached hydrogens (primary N) is 1. The van der Waals surface area contributed by atoms with Gasteiger partial charge in [-0.1, -0.05) is 30.4 Å². The lowest BCUT2D eigenvalue weighted by Gasteiger charge is -2.32. The predicted molar refractivity (Wildman–Crippen MR) is 145 cm³/mol. The number of hydrogen-bond donors (Lipinski definition) is 4. The molecule has 10 nitrogen and oxygen atoms in total. The van der Waals surface area contributed by atoms with Gasteiger partial charge < -0.3 is 25.6 Å². The summed E-state index contributed by atoms with van der Waals surface area (Å²) in [7, 11) is 0. The Morgan fingerprint density at radius 2 is 1.78 bits per heavy atom. The summed E-state index contributed by atoms with van der Waals surface area (Å²) >= 11 is 0. The molecule has 1 heterocycles. The van der Waals surface area contributed by atoms with Crippen molar-refractivity contribution >= 4 is 35.4 Å². The van der Waals surface area contributed by atoms with Crippen molar-refractivity contribution < 1.29 is 42.5 Å².